The molecule has 0 atom stereocenters. The Kier molecular flexibility index (Phi) is 3.93. The Morgan fingerprint density at radius 2 is 2.12 bits per heavy atom. The van der Waals surface area contributed by atoms with Gasteiger partial charge in [0.25, 0.3) is 0 Å². The molecule has 0 aliphatic heterocycles. The van der Waals surface area contributed by atoms with Crippen molar-refractivity contribution in [2.24, 2.45) is 5.92 Å². The van der Waals surface area contributed by atoms with Crippen LogP contribution in [0.25, 0.3) is 0 Å². The summed E-state index contributed by atoms with van der Waals surface area (Å²) in [5.74, 6) is 0.205. The number of hydrogen-bond acceptors (Lipinski definition) is 5. The zero-order valence-corrected chi connectivity index (χ0v) is 11.0. The molecular weight excluding hydrogens is 288 g/mol. The number of rotatable bonds is 4. The molecular formula is C11H13BrN2O3. The summed E-state index contributed by atoms with van der Waals surface area (Å²) in [6.45, 7) is 0. The highest BCUT2D eigenvalue weighted by Gasteiger charge is 2.33. The van der Waals surface area contributed by atoms with Gasteiger partial charge in [0, 0.05) is 18.8 Å². The molecule has 1 heterocycles. The molecule has 0 N–H and O–H groups in total. The summed E-state index contributed by atoms with van der Waals surface area (Å²) in [5, 5.41) is 0. The summed E-state index contributed by atoms with van der Waals surface area (Å²) in [7, 11) is 1.41. The topological polar surface area (TPSA) is 61.3 Å². The van der Waals surface area contributed by atoms with Crippen molar-refractivity contribution in [3.8, 4) is 6.01 Å². The average molecular weight is 301 g/mol. The van der Waals surface area contributed by atoms with Gasteiger partial charge in [-0.15, -0.1) is 0 Å². The summed E-state index contributed by atoms with van der Waals surface area (Å²) < 4.78 is 11.0. The maximum atomic E-state index is 11.0. The van der Waals surface area contributed by atoms with Crippen LogP contribution < -0.4 is 4.74 Å². The van der Waals surface area contributed by atoms with Crippen molar-refractivity contribution >= 4 is 21.9 Å². The first-order valence-electron chi connectivity index (χ1n) is 5.38. The lowest BCUT2D eigenvalue weighted by Gasteiger charge is -2.33. The number of nitrogens with zero attached hydrogens (tertiary/aromatic N) is 2. The monoisotopic (exact) mass is 300 g/mol. The Bertz CT molecular complexity index is 390. The fourth-order valence-corrected chi connectivity index (χ4v) is 1.97. The van der Waals surface area contributed by atoms with Crippen LogP contribution in [0.3, 0.4) is 0 Å². The zero-order valence-electron chi connectivity index (χ0n) is 9.43. The van der Waals surface area contributed by atoms with Crippen molar-refractivity contribution in [2.75, 3.05) is 7.11 Å². The van der Waals surface area contributed by atoms with Crippen molar-refractivity contribution < 1.29 is 14.3 Å². The van der Waals surface area contributed by atoms with Crippen LogP contribution in [0.4, 0.5) is 0 Å². The van der Waals surface area contributed by atoms with Gasteiger partial charge in [0.1, 0.15) is 6.10 Å². The second-order valence-corrected chi connectivity index (χ2v) is 4.96. The maximum Gasteiger partial charge on any atom is 0.316 e. The van der Waals surface area contributed by atoms with Crippen LogP contribution in [0.2, 0.25) is 0 Å². The van der Waals surface area contributed by atoms with E-state index in [1.807, 2.05) is 0 Å². The molecule has 1 aliphatic rings. The van der Waals surface area contributed by atoms with E-state index in [0.717, 1.165) is 17.3 Å². The molecule has 0 aromatic carbocycles. The molecule has 0 spiro atoms. The summed E-state index contributed by atoms with van der Waals surface area (Å²) in [6.07, 6.45) is 5.59. The molecule has 0 amide bonds. The number of halogens is 1. The number of carbonyl (C=O) groups excluding carboxylic acids is 1. The van der Waals surface area contributed by atoms with Crippen LogP contribution in [0.5, 0.6) is 6.01 Å². The van der Waals surface area contributed by atoms with Gasteiger partial charge in [-0.1, -0.05) is 0 Å². The first kappa shape index (κ1) is 12.3. The predicted octanol–water partition coefficient (Wildman–Crippen LogP) is 1.96. The third-order valence-corrected chi connectivity index (χ3v) is 3.15. The van der Waals surface area contributed by atoms with E-state index in [-0.39, 0.29) is 12.1 Å². The number of methoxy groups -OCH3 is 1. The van der Waals surface area contributed by atoms with Crippen LogP contribution in [-0.4, -0.2) is 29.2 Å². The number of carbonyl (C=O) groups is 1. The molecule has 1 aliphatic carbocycles. The summed E-state index contributed by atoms with van der Waals surface area (Å²) in [5.41, 5.74) is 0. The minimum absolute atomic E-state index is 0.117. The predicted molar refractivity (Wildman–Crippen MR) is 63.5 cm³/mol. The fourth-order valence-electron chi connectivity index (χ4n) is 1.77. The van der Waals surface area contributed by atoms with Crippen molar-refractivity contribution in [3.63, 3.8) is 0 Å². The molecule has 0 bridgehead atoms. The Hall–Kier alpha value is -1.17. The van der Waals surface area contributed by atoms with E-state index in [9.17, 15) is 4.79 Å². The molecule has 1 aromatic rings. The SMILES string of the molecule is COC(=O)CC1CC(Oc2ncc(Br)cn2)C1. The van der Waals surface area contributed by atoms with Gasteiger partial charge in [0.15, 0.2) is 0 Å². The van der Waals surface area contributed by atoms with Crippen LogP contribution in [0.15, 0.2) is 16.9 Å². The van der Waals surface area contributed by atoms with Gasteiger partial charge in [-0.2, -0.15) is 0 Å². The van der Waals surface area contributed by atoms with Gasteiger partial charge in [0.2, 0.25) is 0 Å². The average Bonchev–Trinajstić information content (AvgIpc) is 2.28. The van der Waals surface area contributed by atoms with E-state index >= 15 is 0 Å². The third-order valence-electron chi connectivity index (χ3n) is 2.74. The van der Waals surface area contributed by atoms with E-state index in [1.165, 1.54) is 7.11 Å². The van der Waals surface area contributed by atoms with E-state index in [4.69, 9.17) is 4.74 Å². The standard InChI is InChI=1S/C11H13BrN2O3/c1-16-10(15)4-7-2-9(3-7)17-11-13-5-8(12)6-14-11/h5-7,9H,2-4H2,1H3. The molecule has 1 fully saturated rings. The Labute approximate surface area is 108 Å². The molecule has 92 valence electrons. The lowest BCUT2D eigenvalue weighted by Crippen LogP contribution is -2.35. The summed E-state index contributed by atoms with van der Waals surface area (Å²) >= 11 is 3.26. The first-order chi connectivity index (χ1) is 8.17. The molecule has 0 radical (unpaired) electrons. The van der Waals surface area contributed by atoms with Gasteiger partial charge < -0.3 is 9.47 Å². The second-order valence-electron chi connectivity index (χ2n) is 4.04. The Balaban J connectivity index is 1.73. The quantitative estimate of drug-likeness (QED) is 0.796. The fraction of sp³-hybridized carbons (Fsp3) is 0.545. The van der Waals surface area contributed by atoms with Crippen molar-refractivity contribution in [1.29, 1.82) is 0 Å². The molecule has 1 saturated carbocycles. The van der Waals surface area contributed by atoms with E-state index in [0.29, 0.717) is 18.3 Å². The molecule has 5 nitrogen and oxygen atoms in total. The molecule has 1 aromatic heterocycles. The highest BCUT2D eigenvalue weighted by molar-refractivity contribution is 9.10. The molecule has 6 heteroatoms. The van der Waals surface area contributed by atoms with Gasteiger partial charge >= 0.3 is 12.0 Å². The van der Waals surface area contributed by atoms with Gasteiger partial charge in [-0.05, 0) is 34.7 Å². The van der Waals surface area contributed by atoms with Gasteiger partial charge in [-0.25, -0.2) is 9.97 Å². The molecule has 0 saturated heterocycles. The molecule has 2 rings (SSSR count). The first-order valence-corrected chi connectivity index (χ1v) is 6.17. The highest BCUT2D eigenvalue weighted by atomic mass is 79.9. The molecule has 17 heavy (non-hydrogen) atoms. The van der Waals surface area contributed by atoms with Crippen LogP contribution in [-0.2, 0) is 9.53 Å². The van der Waals surface area contributed by atoms with E-state index in [1.54, 1.807) is 12.4 Å². The van der Waals surface area contributed by atoms with Crippen LogP contribution in [0.1, 0.15) is 19.3 Å². The lowest BCUT2D eigenvalue weighted by atomic mass is 9.80. The zero-order chi connectivity index (χ0) is 12.3. The highest BCUT2D eigenvalue weighted by Crippen LogP contribution is 2.33. The normalized spacial score (nSPS) is 22.7. The Morgan fingerprint density at radius 1 is 1.47 bits per heavy atom. The number of hydrogen-bond donors (Lipinski definition) is 0. The van der Waals surface area contributed by atoms with Crippen LogP contribution in [0, 0.1) is 5.92 Å². The second kappa shape index (κ2) is 5.44. The lowest BCUT2D eigenvalue weighted by molar-refractivity contribution is -0.143. The minimum atomic E-state index is -0.159. The smallest absolute Gasteiger partial charge is 0.316 e. The van der Waals surface area contributed by atoms with Gasteiger partial charge in [0.05, 0.1) is 11.6 Å². The maximum absolute atomic E-state index is 11.0. The summed E-state index contributed by atoms with van der Waals surface area (Å²) in [4.78, 5) is 19.1. The van der Waals surface area contributed by atoms with E-state index in [2.05, 4.69) is 30.6 Å². The minimum Gasteiger partial charge on any atom is -0.469 e. The Morgan fingerprint density at radius 3 is 2.71 bits per heavy atom. The van der Waals surface area contributed by atoms with Crippen LogP contribution >= 0.6 is 15.9 Å². The number of esters is 1. The third kappa shape index (κ3) is 3.39. The summed E-state index contributed by atoms with van der Waals surface area (Å²) in [6, 6.07) is 0.384. The largest absolute Gasteiger partial charge is 0.469 e. The van der Waals surface area contributed by atoms with E-state index < -0.39 is 0 Å². The number of aromatic nitrogens is 2. The number of ether oxygens (including phenoxy) is 2. The van der Waals surface area contributed by atoms with Crippen molar-refractivity contribution in [1.82, 2.24) is 9.97 Å². The van der Waals surface area contributed by atoms with Gasteiger partial charge in [-0.3, -0.25) is 4.79 Å². The van der Waals surface area contributed by atoms with Crippen molar-refractivity contribution in [2.45, 2.75) is 25.4 Å². The van der Waals surface area contributed by atoms with Crippen molar-refractivity contribution in [3.05, 3.63) is 16.9 Å². The molecule has 0 unspecified atom stereocenters.